The maximum atomic E-state index is 12.0. The third kappa shape index (κ3) is 5.29. The van der Waals surface area contributed by atoms with Crippen molar-refractivity contribution in [1.29, 1.82) is 0 Å². The minimum Gasteiger partial charge on any atom is -0.374 e. The number of hydrogen-bond donors (Lipinski definition) is 3. The molecule has 0 saturated carbocycles. The molecule has 0 aliphatic carbocycles. The van der Waals surface area contributed by atoms with Crippen LogP contribution in [0.4, 0.5) is 17.2 Å². The molecule has 3 N–H and O–H groups in total. The van der Waals surface area contributed by atoms with Crippen molar-refractivity contribution in [3.05, 3.63) is 36.1 Å². The van der Waals surface area contributed by atoms with Crippen LogP contribution in [0, 0.1) is 6.92 Å². The number of anilines is 3. The Balaban J connectivity index is 1.94. The predicted molar refractivity (Wildman–Crippen MR) is 87.9 cm³/mol. The molecule has 0 radical (unpaired) electrons. The number of amides is 1. The fourth-order valence-corrected chi connectivity index (χ4v) is 2.39. The number of sulfonamides is 1. The van der Waals surface area contributed by atoms with Gasteiger partial charge in [-0.05, 0) is 38.1 Å². The van der Waals surface area contributed by atoms with Crippen molar-refractivity contribution >= 4 is 33.1 Å². The van der Waals surface area contributed by atoms with Gasteiger partial charge in [-0.2, -0.15) is 0 Å². The number of carbonyl (C=O) groups is 1. The Morgan fingerprint density at radius 2 is 1.83 bits per heavy atom. The van der Waals surface area contributed by atoms with Gasteiger partial charge in [0.2, 0.25) is 15.9 Å². The molecule has 23 heavy (non-hydrogen) atoms. The summed E-state index contributed by atoms with van der Waals surface area (Å²) in [5.41, 5.74) is 1.14. The number of carbonyl (C=O) groups excluding carboxylic acids is 1. The maximum Gasteiger partial charge on any atom is 0.247 e. The highest BCUT2D eigenvalue weighted by Crippen LogP contribution is 2.16. The molecule has 9 heteroatoms. The quantitative estimate of drug-likeness (QED) is 0.740. The molecule has 2 rings (SSSR count). The van der Waals surface area contributed by atoms with E-state index in [9.17, 15) is 13.2 Å². The lowest BCUT2D eigenvalue weighted by molar-refractivity contribution is -0.116. The van der Waals surface area contributed by atoms with Crippen LogP contribution >= 0.6 is 0 Å². The van der Waals surface area contributed by atoms with E-state index in [-0.39, 0.29) is 5.91 Å². The molecule has 2 aromatic rings. The van der Waals surface area contributed by atoms with E-state index >= 15 is 0 Å². The minimum atomic E-state index is -3.31. The summed E-state index contributed by atoms with van der Waals surface area (Å²) < 4.78 is 29.5. The van der Waals surface area contributed by atoms with Gasteiger partial charge in [-0.1, -0.05) is 5.16 Å². The number of nitrogens with zero attached hydrogens (tertiary/aromatic N) is 1. The predicted octanol–water partition coefficient (Wildman–Crippen LogP) is 1.79. The zero-order valence-electron chi connectivity index (χ0n) is 13.0. The van der Waals surface area contributed by atoms with Crippen molar-refractivity contribution in [1.82, 2.24) is 5.16 Å². The molecule has 1 aromatic heterocycles. The fraction of sp³-hybridized carbons (Fsp3) is 0.286. The highest BCUT2D eigenvalue weighted by atomic mass is 32.2. The van der Waals surface area contributed by atoms with Gasteiger partial charge in [0, 0.05) is 17.4 Å². The topological polar surface area (TPSA) is 113 Å². The molecular formula is C14H18N4O4S. The van der Waals surface area contributed by atoms with Crippen molar-refractivity contribution < 1.29 is 17.7 Å². The Kier molecular flexibility index (Phi) is 4.89. The minimum absolute atomic E-state index is 0.267. The Hall–Kier alpha value is -2.55. The van der Waals surface area contributed by atoms with Gasteiger partial charge in [-0.15, -0.1) is 0 Å². The van der Waals surface area contributed by atoms with Crippen LogP contribution in [0.5, 0.6) is 0 Å². The second kappa shape index (κ2) is 6.69. The highest BCUT2D eigenvalue weighted by molar-refractivity contribution is 7.92. The summed E-state index contributed by atoms with van der Waals surface area (Å²) >= 11 is 0. The molecule has 0 fully saturated rings. The molecule has 8 nitrogen and oxygen atoms in total. The third-order valence-electron chi connectivity index (χ3n) is 2.84. The van der Waals surface area contributed by atoms with Crippen LogP contribution in [0.1, 0.15) is 12.7 Å². The molecule has 1 heterocycles. The lowest BCUT2D eigenvalue weighted by Gasteiger charge is -2.14. The van der Waals surface area contributed by atoms with Crippen molar-refractivity contribution in [2.24, 2.45) is 0 Å². The Morgan fingerprint density at radius 1 is 1.22 bits per heavy atom. The number of benzene rings is 1. The summed E-state index contributed by atoms with van der Waals surface area (Å²) in [5.74, 6) is 0.695. The second-order valence-corrected chi connectivity index (χ2v) is 6.88. The van der Waals surface area contributed by atoms with Gasteiger partial charge in [-0.3, -0.25) is 9.52 Å². The van der Waals surface area contributed by atoms with Crippen LogP contribution in [0.2, 0.25) is 0 Å². The van der Waals surface area contributed by atoms with Gasteiger partial charge in [-0.25, -0.2) is 8.42 Å². The number of rotatable bonds is 6. The number of aromatic nitrogens is 1. The van der Waals surface area contributed by atoms with Crippen LogP contribution in [-0.2, 0) is 14.8 Å². The Labute approximate surface area is 134 Å². The van der Waals surface area contributed by atoms with Crippen LogP contribution in [0.3, 0.4) is 0 Å². The summed E-state index contributed by atoms with van der Waals surface area (Å²) in [6.07, 6.45) is 1.08. The van der Waals surface area contributed by atoms with E-state index in [0.717, 1.165) is 6.26 Å². The van der Waals surface area contributed by atoms with E-state index in [2.05, 4.69) is 20.5 Å². The molecule has 1 aromatic carbocycles. The first kappa shape index (κ1) is 16.8. The number of hydrogen-bond acceptors (Lipinski definition) is 6. The molecule has 0 saturated heterocycles. The molecule has 0 spiro atoms. The zero-order valence-corrected chi connectivity index (χ0v) is 13.8. The first-order chi connectivity index (χ1) is 10.7. The number of nitrogens with one attached hydrogen (secondary N) is 3. The standard InChI is InChI=1S/C14H18N4O4S/c1-9-8-13(17-22-9)16-14(19)10(2)15-11-4-6-12(7-5-11)18-23(3,20)21/h4-8,10,15,18H,1-3H3,(H,16,17,19). The molecule has 1 amide bonds. The van der Waals surface area contributed by atoms with Crippen molar-refractivity contribution in [3.63, 3.8) is 0 Å². The molecule has 124 valence electrons. The van der Waals surface area contributed by atoms with Gasteiger partial charge in [0.15, 0.2) is 5.82 Å². The average Bonchev–Trinajstić information content (AvgIpc) is 2.84. The Morgan fingerprint density at radius 3 is 2.35 bits per heavy atom. The van der Waals surface area contributed by atoms with Crippen molar-refractivity contribution in [3.8, 4) is 0 Å². The number of aryl methyl sites for hydroxylation is 1. The summed E-state index contributed by atoms with van der Waals surface area (Å²) in [4.78, 5) is 12.0. The third-order valence-corrected chi connectivity index (χ3v) is 3.45. The average molecular weight is 338 g/mol. The largest absolute Gasteiger partial charge is 0.374 e. The smallest absolute Gasteiger partial charge is 0.247 e. The van der Waals surface area contributed by atoms with E-state index in [1.54, 1.807) is 44.2 Å². The maximum absolute atomic E-state index is 12.0. The summed E-state index contributed by atoms with van der Waals surface area (Å²) in [6.45, 7) is 3.43. The fourth-order valence-electron chi connectivity index (χ4n) is 1.82. The van der Waals surface area contributed by atoms with E-state index in [1.165, 1.54) is 0 Å². The summed E-state index contributed by atoms with van der Waals surface area (Å²) in [5, 5.41) is 9.33. The lowest BCUT2D eigenvalue weighted by Crippen LogP contribution is -2.31. The first-order valence-electron chi connectivity index (χ1n) is 6.81. The molecular weight excluding hydrogens is 320 g/mol. The van der Waals surface area contributed by atoms with Crippen LogP contribution in [-0.4, -0.2) is 31.8 Å². The normalized spacial score (nSPS) is 12.5. The van der Waals surface area contributed by atoms with Crippen molar-refractivity contribution in [2.45, 2.75) is 19.9 Å². The van der Waals surface area contributed by atoms with Crippen LogP contribution in [0.25, 0.3) is 0 Å². The van der Waals surface area contributed by atoms with Gasteiger partial charge in [0.25, 0.3) is 0 Å². The second-order valence-electron chi connectivity index (χ2n) is 5.13. The van der Waals surface area contributed by atoms with E-state index < -0.39 is 16.1 Å². The molecule has 0 aliphatic rings. The van der Waals surface area contributed by atoms with E-state index in [1.807, 2.05) is 0 Å². The highest BCUT2D eigenvalue weighted by Gasteiger charge is 2.14. The SMILES string of the molecule is Cc1cc(NC(=O)C(C)Nc2ccc(NS(C)(=O)=O)cc2)no1. The molecule has 0 bridgehead atoms. The van der Waals surface area contributed by atoms with E-state index in [4.69, 9.17) is 4.52 Å². The first-order valence-corrected chi connectivity index (χ1v) is 8.70. The lowest BCUT2D eigenvalue weighted by atomic mass is 10.2. The van der Waals surface area contributed by atoms with Crippen molar-refractivity contribution in [2.75, 3.05) is 21.6 Å². The van der Waals surface area contributed by atoms with Gasteiger partial charge in [0.05, 0.1) is 6.26 Å². The van der Waals surface area contributed by atoms with Gasteiger partial charge in [0.1, 0.15) is 11.8 Å². The summed E-state index contributed by atoms with van der Waals surface area (Å²) in [6, 6.07) is 7.68. The summed E-state index contributed by atoms with van der Waals surface area (Å²) in [7, 11) is -3.31. The van der Waals surface area contributed by atoms with Gasteiger partial charge < -0.3 is 15.2 Å². The zero-order chi connectivity index (χ0) is 17.0. The molecule has 1 unspecified atom stereocenters. The monoisotopic (exact) mass is 338 g/mol. The van der Waals surface area contributed by atoms with Crippen LogP contribution in [0.15, 0.2) is 34.9 Å². The van der Waals surface area contributed by atoms with E-state index in [0.29, 0.717) is 23.0 Å². The molecule has 0 aliphatic heterocycles. The van der Waals surface area contributed by atoms with Crippen LogP contribution < -0.4 is 15.4 Å². The van der Waals surface area contributed by atoms with Gasteiger partial charge >= 0.3 is 0 Å². The molecule has 1 atom stereocenters. The Bertz CT molecular complexity index is 783.